The maximum atomic E-state index is 12.1. The van der Waals surface area contributed by atoms with Crippen LogP contribution >= 0.6 is 0 Å². The number of alkyl halides is 2. The standard InChI is InChI=1S/C16H17F2NO4/c1-10(11-3-5-12(6-4-11)23-16(17)18)19-15(20)14-8-7-13(22-14)9-21-2/h3-8,10,16H,9H2,1-2H3,(H,19,20). The Morgan fingerprint density at radius 1 is 1.22 bits per heavy atom. The number of nitrogens with one attached hydrogen (secondary N) is 1. The Morgan fingerprint density at radius 3 is 2.52 bits per heavy atom. The Kier molecular flexibility index (Phi) is 5.70. The van der Waals surface area contributed by atoms with E-state index in [0.717, 1.165) is 5.56 Å². The van der Waals surface area contributed by atoms with Crippen molar-refractivity contribution in [3.8, 4) is 5.75 Å². The maximum Gasteiger partial charge on any atom is 0.387 e. The molecule has 1 N–H and O–H groups in total. The second-order valence-electron chi connectivity index (χ2n) is 4.84. The lowest BCUT2D eigenvalue weighted by Gasteiger charge is -2.14. The van der Waals surface area contributed by atoms with E-state index in [1.54, 1.807) is 31.2 Å². The third kappa shape index (κ3) is 4.79. The van der Waals surface area contributed by atoms with Gasteiger partial charge in [0.1, 0.15) is 18.1 Å². The predicted octanol–water partition coefficient (Wildman–Crippen LogP) is 3.52. The van der Waals surface area contributed by atoms with E-state index in [2.05, 4.69) is 10.1 Å². The van der Waals surface area contributed by atoms with Gasteiger partial charge in [-0.1, -0.05) is 12.1 Å². The van der Waals surface area contributed by atoms with Crippen LogP contribution in [0.1, 0.15) is 34.8 Å². The molecule has 5 nitrogen and oxygen atoms in total. The number of amides is 1. The van der Waals surface area contributed by atoms with Crippen molar-refractivity contribution in [3.63, 3.8) is 0 Å². The fourth-order valence-corrected chi connectivity index (χ4v) is 2.01. The molecule has 1 aromatic carbocycles. The zero-order chi connectivity index (χ0) is 16.8. The summed E-state index contributed by atoms with van der Waals surface area (Å²) in [5.74, 6) is 0.436. The average Bonchev–Trinajstić information content (AvgIpc) is 2.96. The molecule has 23 heavy (non-hydrogen) atoms. The molecular weight excluding hydrogens is 308 g/mol. The molecule has 2 aromatic rings. The minimum absolute atomic E-state index is 0.0671. The predicted molar refractivity (Wildman–Crippen MR) is 78.4 cm³/mol. The number of hydrogen-bond donors (Lipinski definition) is 1. The molecule has 0 fully saturated rings. The van der Waals surface area contributed by atoms with E-state index < -0.39 is 6.61 Å². The van der Waals surface area contributed by atoms with Crippen molar-refractivity contribution in [1.29, 1.82) is 0 Å². The first-order chi connectivity index (χ1) is 11.0. The average molecular weight is 325 g/mol. The number of ether oxygens (including phenoxy) is 2. The minimum Gasteiger partial charge on any atom is -0.453 e. The van der Waals surface area contributed by atoms with Gasteiger partial charge in [0.2, 0.25) is 0 Å². The van der Waals surface area contributed by atoms with Crippen molar-refractivity contribution in [2.24, 2.45) is 0 Å². The molecule has 124 valence electrons. The SMILES string of the molecule is COCc1ccc(C(=O)NC(C)c2ccc(OC(F)F)cc2)o1. The highest BCUT2D eigenvalue weighted by Gasteiger charge is 2.15. The topological polar surface area (TPSA) is 60.7 Å². The largest absolute Gasteiger partial charge is 0.453 e. The molecular formula is C16H17F2NO4. The lowest BCUT2D eigenvalue weighted by molar-refractivity contribution is -0.0498. The summed E-state index contributed by atoms with van der Waals surface area (Å²) in [7, 11) is 1.53. The summed E-state index contributed by atoms with van der Waals surface area (Å²) in [6, 6.07) is 8.98. The first-order valence-corrected chi connectivity index (χ1v) is 6.93. The van der Waals surface area contributed by atoms with Crippen LogP contribution in [-0.4, -0.2) is 19.6 Å². The highest BCUT2D eigenvalue weighted by Crippen LogP contribution is 2.20. The lowest BCUT2D eigenvalue weighted by Crippen LogP contribution is -2.26. The van der Waals surface area contributed by atoms with E-state index in [1.165, 1.54) is 19.2 Å². The van der Waals surface area contributed by atoms with E-state index >= 15 is 0 Å². The number of furan rings is 1. The molecule has 1 atom stereocenters. The Morgan fingerprint density at radius 2 is 1.91 bits per heavy atom. The van der Waals surface area contributed by atoms with Crippen LogP contribution in [0.15, 0.2) is 40.8 Å². The van der Waals surface area contributed by atoms with Gasteiger partial charge in [-0.3, -0.25) is 4.79 Å². The molecule has 0 saturated carbocycles. The van der Waals surface area contributed by atoms with Gasteiger partial charge in [0.05, 0.1) is 6.04 Å². The van der Waals surface area contributed by atoms with Crippen LogP contribution < -0.4 is 10.1 Å². The highest BCUT2D eigenvalue weighted by molar-refractivity contribution is 5.91. The summed E-state index contributed by atoms with van der Waals surface area (Å²) in [6.45, 7) is -0.799. The van der Waals surface area contributed by atoms with Crippen LogP contribution in [0.2, 0.25) is 0 Å². The molecule has 0 spiro atoms. The van der Waals surface area contributed by atoms with E-state index in [0.29, 0.717) is 5.76 Å². The van der Waals surface area contributed by atoms with Gasteiger partial charge in [0, 0.05) is 7.11 Å². The molecule has 1 unspecified atom stereocenters. The van der Waals surface area contributed by atoms with Crippen molar-refractivity contribution in [2.45, 2.75) is 26.2 Å². The van der Waals surface area contributed by atoms with Crippen LogP contribution in [0.5, 0.6) is 5.75 Å². The Bertz CT molecular complexity index is 640. The first kappa shape index (κ1) is 17.0. The number of halogens is 2. The van der Waals surface area contributed by atoms with Gasteiger partial charge in [-0.15, -0.1) is 0 Å². The number of methoxy groups -OCH3 is 1. The molecule has 1 amide bonds. The lowest BCUT2D eigenvalue weighted by atomic mass is 10.1. The zero-order valence-corrected chi connectivity index (χ0v) is 12.7. The van der Waals surface area contributed by atoms with Gasteiger partial charge in [0.25, 0.3) is 5.91 Å². The fraction of sp³-hybridized carbons (Fsp3) is 0.312. The van der Waals surface area contributed by atoms with Gasteiger partial charge in [0.15, 0.2) is 5.76 Å². The van der Waals surface area contributed by atoms with Gasteiger partial charge in [-0.25, -0.2) is 0 Å². The summed E-state index contributed by atoms with van der Waals surface area (Å²) in [5.41, 5.74) is 0.753. The second-order valence-corrected chi connectivity index (χ2v) is 4.84. The number of carbonyl (C=O) groups excluding carboxylic acids is 1. The van der Waals surface area contributed by atoms with Gasteiger partial charge >= 0.3 is 6.61 Å². The van der Waals surface area contributed by atoms with Crippen LogP contribution in [0, 0.1) is 0 Å². The van der Waals surface area contributed by atoms with Crippen LogP contribution in [0.25, 0.3) is 0 Å². The van der Waals surface area contributed by atoms with E-state index in [4.69, 9.17) is 9.15 Å². The number of hydrogen-bond acceptors (Lipinski definition) is 4. The molecule has 7 heteroatoms. The smallest absolute Gasteiger partial charge is 0.387 e. The molecule has 0 bridgehead atoms. The molecule has 0 saturated heterocycles. The van der Waals surface area contributed by atoms with Crippen LogP contribution in [-0.2, 0) is 11.3 Å². The molecule has 1 aromatic heterocycles. The van der Waals surface area contributed by atoms with Crippen molar-refractivity contribution < 1.29 is 27.5 Å². The van der Waals surface area contributed by atoms with E-state index in [1.807, 2.05) is 0 Å². The fourth-order valence-electron chi connectivity index (χ4n) is 2.01. The third-order valence-electron chi connectivity index (χ3n) is 3.12. The van der Waals surface area contributed by atoms with Crippen molar-refractivity contribution in [1.82, 2.24) is 5.32 Å². The van der Waals surface area contributed by atoms with Gasteiger partial charge in [-0.2, -0.15) is 8.78 Å². The maximum absolute atomic E-state index is 12.1. The summed E-state index contributed by atoms with van der Waals surface area (Å²) in [5, 5.41) is 2.77. The van der Waals surface area contributed by atoms with Crippen LogP contribution in [0.3, 0.4) is 0 Å². The molecule has 0 radical (unpaired) electrons. The highest BCUT2D eigenvalue weighted by atomic mass is 19.3. The van der Waals surface area contributed by atoms with Gasteiger partial charge < -0.3 is 19.2 Å². The Balaban J connectivity index is 1.97. The normalized spacial score (nSPS) is 12.2. The number of benzene rings is 1. The molecule has 1 heterocycles. The van der Waals surface area contributed by atoms with E-state index in [9.17, 15) is 13.6 Å². The summed E-state index contributed by atoms with van der Waals surface area (Å²) < 4.78 is 38.7. The third-order valence-corrected chi connectivity index (χ3v) is 3.12. The van der Waals surface area contributed by atoms with Crippen LogP contribution in [0.4, 0.5) is 8.78 Å². The number of carbonyl (C=O) groups is 1. The molecule has 0 aliphatic carbocycles. The molecule has 0 aliphatic rings. The molecule has 0 aliphatic heterocycles. The Hall–Kier alpha value is -2.41. The van der Waals surface area contributed by atoms with Crippen molar-refractivity contribution in [2.75, 3.05) is 7.11 Å². The summed E-state index contributed by atoms with van der Waals surface area (Å²) in [4.78, 5) is 12.1. The minimum atomic E-state index is -2.86. The summed E-state index contributed by atoms with van der Waals surface area (Å²) >= 11 is 0. The van der Waals surface area contributed by atoms with Crippen molar-refractivity contribution in [3.05, 3.63) is 53.5 Å². The first-order valence-electron chi connectivity index (χ1n) is 6.93. The summed E-state index contributed by atoms with van der Waals surface area (Å²) in [6.07, 6.45) is 0. The van der Waals surface area contributed by atoms with E-state index in [-0.39, 0.29) is 30.1 Å². The molecule has 2 rings (SSSR count). The quantitative estimate of drug-likeness (QED) is 0.846. The number of rotatable bonds is 7. The monoisotopic (exact) mass is 325 g/mol. The van der Waals surface area contributed by atoms with Gasteiger partial charge in [-0.05, 0) is 36.8 Å². The Labute approximate surface area is 132 Å². The second kappa shape index (κ2) is 7.73. The van der Waals surface area contributed by atoms with Crippen molar-refractivity contribution >= 4 is 5.91 Å². The zero-order valence-electron chi connectivity index (χ0n) is 12.7.